The number of halogens is 1. The number of hydrogen-bond acceptors (Lipinski definition) is 3. The molecule has 1 aromatic heterocycles. The van der Waals surface area contributed by atoms with Gasteiger partial charge in [0, 0.05) is 37.9 Å². The Morgan fingerprint density at radius 3 is 2.88 bits per heavy atom. The summed E-state index contributed by atoms with van der Waals surface area (Å²) in [5.74, 6) is 1.67. The van der Waals surface area contributed by atoms with E-state index in [1.54, 1.807) is 0 Å². The van der Waals surface area contributed by atoms with Gasteiger partial charge >= 0.3 is 0 Å². The second-order valence-corrected chi connectivity index (χ2v) is 4.64. The van der Waals surface area contributed by atoms with Crippen LogP contribution in [0.4, 0.5) is 5.95 Å². The summed E-state index contributed by atoms with van der Waals surface area (Å²) in [5.41, 5.74) is 0. The van der Waals surface area contributed by atoms with Crippen molar-refractivity contribution in [2.24, 2.45) is 0 Å². The van der Waals surface area contributed by atoms with E-state index in [0.29, 0.717) is 18.6 Å². The third kappa shape index (κ3) is 3.13. The number of ether oxygens (including phenoxy) is 1. The van der Waals surface area contributed by atoms with Gasteiger partial charge in [0.2, 0.25) is 5.95 Å². The lowest BCUT2D eigenvalue weighted by Crippen LogP contribution is -2.38. The van der Waals surface area contributed by atoms with E-state index in [1.165, 1.54) is 0 Å². The van der Waals surface area contributed by atoms with E-state index >= 15 is 0 Å². The fourth-order valence-corrected chi connectivity index (χ4v) is 2.35. The summed E-state index contributed by atoms with van der Waals surface area (Å²) in [6.45, 7) is 5.81. The zero-order chi connectivity index (χ0) is 12.1. The van der Waals surface area contributed by atoms with Crippen molar-refractivity contribution in [3.8, 4) is 0 Å². The molecule has 0 amide bonds. The van der Waals surface area contributed by atoms with Crippen LogP contribution in [0, 0.1) is 0 Å². The zero-order valence-electron chi connectivity index (χ0n) is 10.3. The molecule has 1 aliphatic heterocycles. The molecule has 1 fully saturated rings. The van der Waals surface area contributed by atoms with Gasteiger partial charge in [-0.1, -0.05) is 0 Å². The smallest absolute Gasteiger partial charge is 0.205 e. The molecular formula is C12H20ClN3O. The van der Waals surface area contributed by atoms with Crippen LogP contribution in [0.15, 0.2) is 12.4 Å². The molecule has 0 saturated carbocycles. The van der Waals surface area contributed by atoms with Gasteiger partial charge in [-0.25, -0.2) is 4.98 Å². The monoisotopic (exact) mass is 257 g/mol. The highest BCUT2D eigenvalue weighted by Crippen LogP contribution is 2.19. The first-order chi connectivity index (χ1) is 8.35. The van der Waals surface area contributed by atoms with Crippen LogP contribution in [0.1, 0.15) is 19.8 Å². The molecule has 0 radical (unpaired) electrons. The maximum Gasteiger partial charge on any atom is 0.205 e. The summed E-state index contributed by atoms with van der Waals surface area (Å²) in [6, 6.07) is 0. The van der Waals surface area contributed by atoms with Crippen LogP contribution >= 0.6 is 11.6 Å². The largest absolute Gasteiger partial charge is 0.377 e. The van der Waals surface area contributed by atoms with Crippen LogP contribution in [-0.4, -0.2) is 41.2 Å². The fourth-order valence-electron chi connectivity index (χ4n) is 2.27. The second-order valence-electron chi connectivity index (χ2n) is 4.26. The van der Waals surface area contributed by atoms with Crippen molar-refractivity contribution in [1.29, 1.82) is 0 Å². The molecule has 0 bridgehead atoms. The molecule has 0 aromatic carbocycles. The van der Waals surface area contributed by atoms with Crippen LogP contribution < -0.4 is 4.90 Å². The van der Waals surface area contributed by atoms with Crippen molar-refractivity contribution in [1.82, 2.24) is 9.55 Å². The molecule has 1 saturated heterocycles. The Balaban J connectivity index is 1.86. The van der Waals surface area contributed by atoms with Crippen LogP contribution in [0.2, 0.25) is 0 Å². The third-order valence-electron chi connectivity index (χ3n) is 3.19. The Kier molecular flexibility index (Phi) is 4.68. The Hall–Kier alpha value is -0.740. The van der Waals surface area contributed by atoms with Crippen molar-refractivity contribution < 1.29 is 4.74 Å². The molecule has 1 aliphatic rings. The van der Waals surface area contributed by atoms with Crippen LogP contribution in [-0.2, 0) is 11.3 Å². The quantitative estimate of drug-likeness (QED) is 0.757. The molecule has 1 aromatic rings. The predicted octanol–water partition coefficient (Wildman–Crippen LogP) is 2.13. The van der Waals surface area contributed by atoms with Crippen LogP contribution in [0.3, 0.4) is 0 Å². The molecule has 0 unspecified atom stereocenters. The highest BCUT2D eigenvalue weighted by molar-refractivity contribution is 6.17. The highest BCUT2D eigenvalue weighted by atomic mass is 35.5. The standard InChI is InChI=1S/C12H20ClN3O/c1-2-15-9-6-14-12(15)16-7-3-11(4-8-16)17-10-5-13/h6,9,11H,2-5,7-8,10H2,1H3. The predicted molar refractivity (Wildman–Crippen MR) is 69.8 cm³/mol. The number of piperidine rings is 1. The molecule has 96 valence electrons. The number of hydrogen-bond donors (Lipinski definition) is 0. The normalized spacial score (nSPS) is 17.6. The Morgan fingerprint density at radius 2 is 2.24 bits per heavy atom. The molecule has 0 N–H and O–H groups in total. The average molecular weight is 258 g/mol. The number of aromatic nitrogens is 2. The van der Waals surface area contributed by atoms with Crippen molar-refractivity contribution >= 4 is 17.5 Å². The maximum atomic E-state index is 5.67. The van der Waals surface area contributed by atoms with E-state index < -0.39 is 0 Å². The van der Waals surface area contributed by atoms with Gasteiger partial charge in [0.05, 0.1) is 12.7 Å². The van der Waals surface area contributed by atoms with Crippen molar-refractivity contribution in [2.45, 2.75) is 32.4 Å². The van der Waals surface area contributed by atoms with Crippen molar-refractivity contribution in [2.75, 3.05) is 30.5 Å². The SMILES string of the molecule is CCn1ccnc1N1CCC(OCCCl)CC1. The molecule has 5 heteroatoms. The van der Waals surface area contributed by atoms with Crippen molar-refractivity contribution in [3.05, 3.63) is 12.4 Å². The molecule has 2 rings (SSSR count). The first-order valence-corrected chi connectivity index (χ1v) is 6.82. The second kappa shape index (κ2) is 6.26. The van der Waals surface area contributed by atoms with Gasteiger partial charge in [-0.3, -0.25) is 0 Å². The van der Waals surface area contributed by atoms with E-state index in [2.05, 4.69) is 21.4 Å². The maximum absolute atomic E-state index is 5.67. The first-order valence-electron chi connectivity index (χ1n) is 6.28. The van der Waals surface area contributed by atoms with E-state index in [-0.39, 0.29) is 0 Å². The number of rotatable bonds is 5. The molecule has 4 nitrogen and oxygen atoms in total. The lowest BCUT2D eigenvalue weighted by molar-refractivity contribution is 0.0469. The molecule has 0 atom stereocenters. The fraction of sp³-hybridized carbons (Fsp3) is 0.750. The van der Waals surface area contributed by atoms with E-state index in [4.69, 9.17) is 16.3 Å². The third-order valence-corrected chi connectivity index (χ3v) is 3.34. The number of aryl methyl sites for hydroxylation is 1. The molecule has 17 heavy (non-hydrogen) atoms. The lowest BCUT2D eigenvalue weighted by Gasteiger charge is -2.32. The molecule has 0 spiro atoms. The van der Waals surface area contributed by atoms with Crippen LogP contribution in [0.5, 0.6) is 0 Å². The first kappa shape index (κ1) is 12.7. The Morgan fingerprint density at radius 1 is 1.47 bits per heavy atom. The van der Waals surface area contributed by atoms with Gasteiger partial charge in [0.1, 0.15) is 0 Å². The molecular weight excluding hydrogens is 238 g/mol. The Labute approximate surface area is 108 Å². The summed E-state index contributed by atoms with van der Waals surface area (Å²) in [4.78, 5) is 6.76. The van der Waals surface area contributed by atoms with E-state index in [0.717, 1.165) is 38.4 Å². The van der Waals surface area contributed by atoms with Gasteiger partial charge in [0.25, 0.3) is 0 Å². The summed E-state index contributed by atoms with van der Waals surface area (Å²) < 4.78 is 7.85. The number of nitrogens with zero attached hydrogens (tertiary/aromatic N) is 3. The number of anilines is 1. The average Bonchev–Trinajstić information content (AvgIpc) is 2.85. The zero-order valence-corrected chi connectivity index (χ0v) is 11.1. The van der Waals surface area contributed by atoms with E-state index in [1.807, 2.05) is 12.4 Å². The van der Waals surface area contributed by atoms with Crippen LogP contribution in [0.25, 0.3) is 0 Å². The topological polar surface area (TPSA) is 30.3 Å². The molecule has 0 aliphatic carbocycles. The highest BCUT2D eigenvalue weighted by Gasteiger charge is 2.21. The number of alkyl halides is 1. The molecule has 2 heterocycles. The minimum Gasteiger partial charge on any atom is -0.377 e. The van der Waals surface area contributed by atoms with Gasteiger partial charge in [-0.05, 0) is 19.8 Å². The minimum absolute atomic E-state index is 0.370. The summed E-state index contributed by atoms with van der Waals surface area (Å²) in [7, 11) is 0. The van der Waals surface area contributed by atoms with Crippen molar-refractivity contribution in [3.63, 3.8) is 0 Å². The van der Waals surface area contributed by atoms with Gasteiger partial charge in [-0.15, -0.1) is 11.6 Å². The van der Waals surface area contributed by atoms with Gasteiger partial charge in [-0.2, -0.15) is 0 Å². The Bertz CT molecular complexity index is 334. The van der Waals surface area contributed by atoms with E-state index in [9.17, 15) is 0 Å². The summed E-state index contributed by atoms with van der Waals surface area (Å²) >= 11 is 5.62. The van der Waals surface area contributed by atoms with Gasteiger partial charge in [0.15, 0.2) is 0 Å². The number of imidazole rings is 1. The van der Waals surface area contributed by atoms with Gasteiger partial charge < -0.3 is 14.2 Å². The summed E-state index contributed by atoms with van der Waals surface area (Å²) in [5, 5.41) is 0. The summed E-state index contributed by atoms with van der Waals surface area (Å²) in [6.07, 6.45) is 6.40. The lowest BCUT2D eigenvalue weighted by atomic mass is 10.1. The minimum atomic E-state index is 0.370.